The van der Waals surface area contributed by atoms with Crippen molar-refractivity contribution in [2.45, 2.75) is 33.7 Å². The topological polar surface area (TPSA) is 55.1 Å². The first-order chi connectivity index (χ1) is 7.82. The average molecular weight is 291 g/mol. The maximum Gasteiger partial charge on any atom is 0.241 e. The molecule has 1 rings (SSSR count). The number of halogens is 2. The molecule has 0 unspecified atom stereocenters. The first-order valence-electron chi connectivity index (χ1n) is 5.66. The van der Waals surface area contributed by atoms with E-state index in [1.54, 1.807) is 0 Å². The van der Waals surface area contributed by atoms with Crippen molar-refractivity contribution in [1.82, 2.24) is 0 Å². The lowest BCUT2D eigenvalue weighted by atomic mass is 10.0. The van der Waals surface area contributed by atoms with Crippen LogP contribution in [0.15, 0.2) is 12.1 Å². The third-order valence-corrected chi connectivity index (χ3v) is 2.98. The third kappa shape index (κ3) is 4.16. The Labute approximate surface area is 119 Å². The molecule has 18 heavy (non-hydrogen) atoms. The van der Waals surface area contributed by atoms with E-state index in [1.807, 2.05) is 39.8 Å². The van der Waals surface area contributed by atoms with Gasteiger partial charge in [0.05, 0.1) is 6.04 Å². The normalized spacial score (nSPS) is 11.9. The predicted molar refractivity (Wildman–Crippen MR) is 79.6 cm³/mol. The first-order valence-corrected chi connectivity index (χ1v) is 6.04. The Morgan fingerprint density at radius 2 is 1.72 bits per heavy atom. The molecule has 0 spiro atoms. The van der Waals surface area contributed by atoms with Gasteiger partial charge in [0.15, 0.2) is 0 Å². The van der Waals surface area contributed by atoms with Crippen LogP contribution in [0.5, 0.6) is 0 Å². The van der Waals surface area contributed by atoms with Crippen LogP contribution in [0.25, 0.3) is 0 Å². The SMILES string of the molecule is Cc1cc(Cl)cc(C)c1NC(=O)[C@H](N)C(C)C.Cl. The molecule has 1 aromatic carbocycles. The van der Waals surface area contributed by atoms with Crippen LogP contribution in [0, 0.1) is 19.8 Å². The fourth-order valence-electron chi connectivity index (χ4n) is 1.62. The second-order valence-electron chi connectivity index (χ2n) is 4.67. The number of aryl methyl sites for hydroxylation is 2. The molecule has 0 aliphatic carbocycles. The minimum absolute atomic E-state index is 0. The van der Waals surface area contributed by atoms with Crippen LogP contribution in [0.3, 0.4) is 0 Å². The average Bonchev–Trinajstić information content (AvgIpc) is 2.21. The van der Waals surface area contributed by atoms with Gasteiger partial charge in [-0.3, -0.25) is 4.79 Å². The van der Waals surface area contributed by atoms with Gasteiger partial charge in [-0.05, 0) is 43.0 Å². The fraction of sp³-hybridized carbons (Fsp3) is 0.462. The summed E-state index contributed by atoms with van der Waals surface area (Å²) in [6.07, 6.45) is 0. The van der Waals surface area contributed by atoms with Gasteiger partial charge in [0.25, 0.3) is 0 Å². The highest BCUT2D eigenvalue weighted by Gasteiger charge is 2.18. The molecule has 1 aromatic rings. The van der Waals surface area contributed by atoms with E-state index in [1.165, 1.54) is 0 Å². The van der Waals surface area contributed by atoms with E-state index in [9.17, 15) is 4.79 Å². The Bertz CT molecular complexity index is 410. The highest BCUT2D eigenvalue weighted by molar-refractivity contribution is 6.30. The van der Waals surface area contributed by atoms with Crippen LogP contribution in [-0.4, -0.2) is 11.9 Å². The molecule has 1 atom stereocenters. The molecule has 3 N–H and O–H groups in total. The molecule has 0 bridgehead atoms. The summed E-state index contributed by atoms with van der Waals surface area (Å²) in [7, 11) is 0. The number of carbonyl (C=O) groups excluding carboxylic acids is 1. The predicted octanol–water partition coefficient (Wildman–Crippen LogP) is 3.30. The molecule has 102 valence electrons. The van der Waals surface area contributed by atoms with Gasteiger partial charge >= 0.3 is 0 Å². The number of amides is 1. The zero-order chi connectivity index (χ0) is 13.2. The second kappa shape index (κ2) is 6.98. The highest BCUT2D eigenvalue weighted by Crippen LogP contribution is 2.25. The minimum Gasteiger partial charge on any atom is -0.324 e. The van der Waals surface area contributed by atoms with E-state index in [2.05, 4.69) is 5.32 Å². The third-order valence-electron chi connectivity index (χ3n) is 2.77. The number of benzene rings is 1. The zero-order valence-corrected chi connectivity index (χ0v) is 12.7. The molecule has 0 heterocycles. The molecular weight excluding hydrogens is 271 g/mol. The summed E-state index contributed by atoms with van der Waals surface area (Å²) in [6, 6.07) is 3.15. The van der Waals surface area contributed by atoms with E-state index in [-0.39, 0.29) is 24.2 Å². The van der Waals surface area contributed by atoms with Crippen molar-refractivity contribution >= 4 is 35.6 Å². The van der Waals surface area contributed by atoms with Crippen molar-refractivity contribution in [1.29, 1.82) is 0 Å². The standard InChI is InChI=1S/C13H19ClN2O.ClH/c1-7(2)11(15)13(17)16-12-8(3)5-10(14)6-9(12)4;/h5-7,11H,15H2,1-4H3,(H,16,17);1H/t11-;/m1./s1. The number of hydrogen-bond acceptors (Lipinski definition) is 2. The molecule has 0 aliphatic heterocycles. The summed E-state index contributed by atoms with van der Waals surface area (Å²) in [6.45, 7) is 7.67. The van der Waals surface area contributed by atoms with E-state index in [0.29, 0.717) is 5.02 Å². The molecule has 0 aromatic heterocycles. The maximum absolute atomic E-state index is 11.9. The fourth-order valence-corrected chi connectivity index (χ4v) is 1.94. The van der Waals surface area contributed by atoms with E-state index < -0.39 is 6.04 Å². The number of nitrogens with one attached hydrogen (secondary N) is 1. The highest BCUT2D eigenvalue weighted by atomic mass is 35.5. The van der Waals surface area contributed by atoms with Crippen molar-refractivity contribution in [2.24, 2.45) is 11.7 Å². The van der Waals surface area contributed by atoms with Crippen LogP contribution < -0.4 is 11.1 Å². The Morgan fingerprint density at radius 3 is 2.11 bits per heavy atom. The first kappa shape index (κ1) is 17.2. The number of anilines is 1. The van der Waals surface area contributed by atoms with Crippen LogP contribution in [0.4, 0.5) is 5.69 Å². The Morgan fingerprint density at radius 1 is 1.28 bits per heavy atom. The van der Waals surface area contributed by atoms with Gasteiger partial charge in [0, 0.05) is 10.7 Å². The lowest BCUT2D eigenvalue weighted by molar-refractivity contribution is -0.118. The van der Waals surface area contributed by atoms with Gasteiger partial charge in [-0.25, -0.2) is 0 Å². The number of nitrogens with two attached hydrogens (primary N) is 1. The maximum atomic E-state index is 11.9. The minimum atomic E-state index is -0.496. The summed E-state index contributed by atoms with van der Waals surface area (Å²) in [5.74, 6) is -0.0450. The number of rotatable bonds is 3. The van der Waals surface area contributed by atoms with Gasteiger partial charge in [-0.1, -0.05) is 25.4 Å². The number of hydrogen-bond donors (Lipinski definition) is 2. The quantitative estimate of drug-likeness (QED) is 0.897. The largest absolute Gasteiger partial charge is 0.324 e. The summed E-state index contributed by atoms with van der Waals surface area (Å²) >= 11 is 5.93. The van der Waals surface area contributed by atoms with Gasteiger partial charge < -0.3 is 11.1 Å². The summed E-state index contributed by atoms with van der Waals surface area (Å²) in [4.78, 5) is 11.9. The van der Waals surface area contributed by atoms with E-state index >= 15 is 0 Å². The number of carbonyl (C=O) groups is 1. The Hall–Kier alpha value is -0.770. The van der Waals surface area contributed by atoms with Gasteiger partial charge in [-0.2, -0.15) is 0 Å². The smallest absolute Gasteiger partial charge is 0.241 e. The van der Waals surface area contributed by atoms with Crippen LogP contribution in [0.2, 0.25) is 5.02 Å². The molecule has 0 aliphatic rings. The van der Waals surface area contributed by atoms with E-state index in [0.717, 1.165) is 16.8 Å². The van der Waals surface area contributed by atoms with Crippen LogP contribution in [0.1, 0.15) is 25.0 Å². The van der Waals surface area contributed by atoms with Gasteiger partial charge in [0.2, 0.25) is 5.91 Å². The van der Waals surface area contributed by atoms with Crippen molar-refractivity contribution in [3.63, 3.8) is 0 Å². The lowest BCUT2D eigenvalue weighted by Gasteiger charge is -2.18. The molecule has 1 amide bonds. The van der Waals surface area contributed by atoms with E-state index in [4.69, 9.17) is 17.3 Å². The molecule has 0 radical (unpaired) electrons. The summed E-state index contributed by atoms with van der Waals surface area (Å²) in [5, 5.41) is 3.54. The van der Waals surface area contributed by atoms with Crippen LogP contribution in [-0.2, 0) is 4.79 Å². The van der Waals surface area contributed by atoms with Crippen molar-refractivity contribution in [3.05, 3.63) is 28.3 Å². The molecule has 0 fully saturated rings. The van der Waals surface area contributed by atoms with Gasteiger partial charge in [-0.15, -0.1) is 12.4 Å². The monoisotopic (exact) mass is 290 g/mol. The van der Waals surface area contributed by atoms with Crippen molar-refractivity contribution in [3.8, 4) is 0 Å². The lowest BCUT2D eigenvalue weighted by Crippen LogP contribution is -2.40. The molecule has 3 nitrogen and oxygen atoms in total. The Balaban J connectivity index is 0.00000289. The molecule has 5 heteroatoms. The van der Waals surface area contributed by atoms with Crippen molar-refractivity contribution < 1.29 is 4.79 Å². The van der Waals surface area contributed by atoms with Crippen molar-refractivity contribution in [2.75, 3.05) is 5.32 Å². The molecular formula is C13H20Cl2N2O. The second-order valence-corrected chi connectivity index (χ2v) is 5.11. The summed E-state index contributed by atoms with van der Waals surface area (Å²) < 4.78 is 0. The van der Waals surface area contributed by atoms with Gasteiger partial charge in [0.1, 0.15) is 0 Å². The van der Waals surface area contributed by atoms with Crippen LogP contribution >= 0.6 is 24.0 Å². The summed E-state index contributed by atoms with van der Waals surface area (Å²) in [5.41, 5.74) is 8.49. The molecule has 0 saturated heterocycles. The zero-order valence-electron chi connectivity index (χ0n) is 11.1. The Kier molecular flexibility index (Phi) is 6.68. The molecule has 0 saturated carbocycles.